The third-order valence-electron chi connectivity index (χ3n) is 2.35. The van der Waals surface area contributed by atoms with E-state index in [1.807, 2.05) is 12.1 Å². The van der Waals surface area contributed by atoms with E-state index in [0.717, 1.165) is 17.5 Å². The van der Waals surface area contributed by atoms with Crippen LogP contribution in [0.1, 0.15) is 35.3 Å². The molecule has 0 fully saturated rings. The number of nitrogens with one attached hydrogen (secondary N) is 1. The fourth-order valence-electron chi connectivity index (χ4n) is 1.66. The van der Waals surface area contributed by atoms with Gasteiger partial charge >= 0.3 is 0 Å². The highest BCUT2D eigenvalue weighted by molar-refractivity contribution is 6.31. The molecule has 1 atom stereocenters. The Balaban J connectivity index is 2.52. The molecular weight excluding hydrogens is 186 g/mol. The van der Waals surface area contributed by atoms with Gasteiger partial charge in [-0.1, -0.05) is 24.6 Å². The summed E-state index contributed by atoms with van der Waals surface area (Å²) in [5.41, 5.74) is 1.79. The lowest BCUT2D eigenvalue weighted by atomic mass is 10.0. The molecular formula is C10H10ClNO. The van der Waals surface area contributed by atoms with Crippen LogP contribution in [0.3, 0.4) is 0 Å². The number of benzene rings is 1. The summed E-state index contributed by atoms with van der Waals surface area (Å²) in [4.78, 5) is 11.4. The van der Waals surface area contributed by atoms with Crippen molar-refractivity contribution in [3.63, 3.8) is 0 Å². The van der Waals surface area contributed by atoms with Crippen LogP contribution in [-0.4, -0.2) is 5.91 Å². The number of carbonyl (C=O) groups excluding carboxylic acids is 1. The molecule has 2 nitrogen and oxygen atoms in total. The average Bonchev–Trinajstić information content (AvgIpc) is 2.43. The maximum absolute atomic E-state index is 11.4. The van der Waals surface area contributed by atoms with Gasteiger partial charge in [0.05, 0.1) is 6.04 Å². The van der Waals surface area contributed by atoms with Crippen molar-refractivity contribution >= 4 is 17.5 Å². The van der Waals surface area contributed by atoms with Crippen molar-refractivity contribution in [1.82, 2.24) is 5.32 Å². The summed E-state index contributed by atoms with van der Waals surface area (Å²) in [5, 5.41) is 3.51. The molecule has 0 bridgehead atoms. The smallest absolute Gasteiger partial charge is 0.252 e. The number of halogens is 1. The SMILES string of the molecule is CC[C@H]1NC(=O)c2cc(Cl)ccc21. The third kappa shape index (κ3) is 1.31. The number of amides is 1. The van der Waals surface area contributed by atoms with Crippen molar-refractivity contribution in [2.75, 3.05) is 0 Å². The zero-order valence-electron chi connectivity index (χ0n) is 7.30. The fraction of sp³-hybridized carbons (Fsp3) is 0.300. The highest BCUT2D eigenvalue weighted by atomic mass is 35.5. The van der Waals surface area contributed by atoms with Crippen LogP contribution in [0.2, 0.25) is 5.02 Å². The molecule has 0 aromatic heterocycles. The van der Waals surface area contributed by atoms with E-state index in [-0.39, 0.29) is 11.9 Å². The van der Waals surface area contributed by atoms with Crippen LogP contribution < -0.4 is 5.32 Å². The van der Waals surface area contributed by atoms with Gasteiger partial charge in [-0.3, -0.25) is 4.79 Å². The van der Waals surface area contributed by atoms with Gasteiger partial charge in [-0.05, 0) is 24.1 Å². The average molecular weight is 196 g/mol. The molecule has 2 rings (SSSR count). The quantitative estimate of drug-likeness (QED) is 0.733. The van der Waals surface area contributed by atoms with Gasteiger partial charge in [0.25, 0.3) is 5.91 Å². The van der Waals surface area contributed by atoms with Gasteiger partial charge in [0, 0.05) is 10.6 Å². The molecule has 1 aromatic rings. The number of fused-ring (bicyclic) bond motifs is 1. The number of carbonyl (C=O) groups is 1. The van der Waals surface area contributed by atoms with E-state index in [0.29, 0.717) is 5.02 Å². The van der Waals surface area contributed by atoms with Crippen molar-refractivity contribution in [3.05, 3.63) is 34.3 Å². The highest BCUT2D eigenvalue weighted by Crippen LogP contribution is 2.29. The molecule has 1 aliphatic rings. The lowest BCUT2D eigenvalue weighted by Gasteiger charge is -2.06. The van der Waals surface area contributed by atoms with Gasteiger partial charge in [0.2, 0.25) is 0 Å². The molecule has 1 aromatic carbocycles. The van der Waals surface area contributed by atoms with E-state index < -0.39 is 0 Å². The summed E-state index contributed by atoms with van der Waals surface area (Å²) < 4.78 is 0. The van der Waals surface area contributed by atoms with Crippen LogP contribution in [0, 0.1) is 0 Å². The molecule has 0 radical (unpaired) electrons. The predicted octanol–water partition coefficient (Wildman–Crippen LogP) is 2.53. The first-order chi connectivity index (χ1) is 6.22. The van der Waals surface area contributed by atoms with Gasteiger partial charge in [0.1, 0.15) is 0 Å². The predicted molar refractivity (Wildman–Crippen MR) is 52.0 cm³/mol. The number of hydrogen-bond donors (Lipinski definition) is 1. The molecule has 3 heteroatoms. The standard InChI is InChI=1S/C10H10ClNO/c1-2-9-7-4-3-6(11)5-8(7)10(13)12-9/h3-5,9H,2H2,1H3,(H,12,13)/t9-/m1/s1. The first-order valence-corrected chi connectivity index (χ1v) is 4.70. The Morgan fingerprint density at radius 1 is 1.54 bits per heavy atom. The third-order valence-corrected chi connectivity index (χ3v) is 2.58. The molecule has 0 aliphatic carbocycles. The van der Waals surface area contributed by atoms with E-state index in [1.54, 1.807) is 6.07 Å². The van der Waals surface area contributed by atoms with Gasteiger partial charge in [-0.15, -0.1) is 0 Å². The minimum atomic E-state index is -0.00986. The number of hydrogen-bond acceptors (Lipinski definition) is 1. The monoisotopic (exact) mass is 195 g/mol. The van der Waals surface area contributed by atoms with Gasteiger partial charge in [-0.25, -0.2) is 0 Å². The molecule has 68 valence electrons. The summed E-state index contributed by atoms with van der Waals surface area (Å²) in [6.45, 7) is 2.05. The first-order valence-electron chi connectivity index (χ1n) is 4.32. The van der Waals surface area contributed by atoms with Crippen molar-refractivity contribution in [1.29, 1.82) is 0 Å². The van der Waals surface area contributed by atoms with Crippen LogP contribution in [0.25, 0.3) is 0 Å². The Kier molecular flexibility index (Phi) is 2.00. The second kappa shape index (κ2) is 3.04. The van der Waals surface area contributed by atoms with Crippen molar-refractivity contribution < 1.29 is 4.79 Å². The van der Waals surface area contributed by atoms with E-state index in [2.05, 4.69) is 12.2 Å². The van der Waals surface area contributed by atoms with Crippen molar-refractivity contribution in [2.24, 2.45) is 0 Å². The van der Waals surface area contributed by atoms with Crippen LogP contribution in [-0.2, 0) is 0 Å². The zero-order chi connectivity index (χ0) is 9.42. The van der Waals surface area contributed by atoms with E-state index in [4.69, 9.17) is 11.6 Å². The second-order valence-electron chi connectivity index (χ2n) is 3.17. The Morgan fingerprint density at radius 3 is 3.00 bits per heavy atom. The van der Waals surface area contributed by atoms with E-state index in [1.165, 1.54) is 0 Å². The molecule has 1 amide bonds. The molecule has 1 heterocycles. The Morgan fingerprint density at radius 2 is 2.31 bits per heavy atom. The minimum absolute atomic E-state index is 0.00986. The highest BCUT2D eigenvalue weighted by Gasteiger charge is 2.26. The van der Waals surface area contributed by atoms with Crippen LogP contribution in [0.15, 0.2) is 18.2 Å². The Hall–Kier alpha value is -1.02. The Labute approximate surface area is 81.9 Å². The van der Waals surface area contributed by atoms with Crippen LogP contribution >= 0.6 is 11.6 Å². The summed E-state index contributed by atoms with van der Waals surface area (Å²) in [6.07, 6.45) is 0.917. The van der Waals surface area contributed by atoms with E-state index >= 15 is 0 Å². The first kappa shape index (κ1) is 8.57. The van der Waals surface area contributed by atoms with Crippen LogP contribution in [0.4, 0.5) is 0 Å². The molecule has 13 heavy (non-hydrogen) atoms. The molecule has 0 saturated heterocycles. The van der Waals surface area contributed by atoms with E-state index in [9.17, 15) is 4.79 Å². The van der Waals surface area contributed by atoms with Gasteiger partial charge in [-0.2, -0.15) is 0 Å². The molecule has 0 spiro atoms. The lowest BCUT2D eigenvalue weighted by Crippen LogP contribution is -2.17. The van der Waals surface area contributed by atoms with Gasteiger partial charge in [0.15, 0.2) is 0 Å². The fourth-order valence-corrected chi connectivity index (χ4v) is 1.84. The maximum Gasteiger partial charge on any atom is 0.252 e. The maximum atomic E-state index is 11.4. The molecule has 0 saturated carbocycles. The second-order valence-corrected chi connectivity index (χ2v) is 3.60. The minimum Gasteiger partial charge on any atom is -0.345 e. The van der Waals surface area contributed by atoms with Crippen LogP contribution in [0.5, 0.6) is 0 Å². The summed E-state index contributed by atoms with van der Waals surface area (Å²) in [6, 6.07) is 5.63. The summed E-state index contributed by atoms with van der Waals surface area (Å²) in [7, 11) is 0. The molecule has 0 unspecified atom stereocenters. The largest absolute Gasteiger partial charge is 0.345 e. The molecule has 1 N–H and O–H groups in total. The topological polar surface area (TPSA) is 29.1 Å². The van der Waals surface area contributed by atoms with Crippen molar-refractivity contribution in [2.45, 2.75) is 19.4 Å². The zero-order valence-corrected chi connectivity index (χ0v) is 8.06. The molecule has 1 aliphatic heterocycles. The lowest BCUT2D eigenvalue weighted by molar-refractivity contribution is 0.0955. The van der Waals surface area contributed by atoms with Gasteiger partial charge < -0.3 is 5.32 Å². The normalized spacial score (nSPS) is 19.8. The summed E-state index contributed by atoms with van der Waals surface area (Å²) in [5.74, 6) is -0.00986. The van der Waals surface area contributed by atoms with Crippen molar-refractivity contribution in [3.8, 4) is 0 Å². The summed E-state index contributed by atoms with van der Waals surface area (Å²) >= 11 is 5.80. The number of rotatable bonds is 1. The Bertz CT molecular complexity index is 362.